The second kappa shape index (κ2) is 14.4. The van der Waals surface area contributed by atoms with Crippen LogP contribution >= 0.6 is 0 Å². The van der Waals surface area contributed by atoms with Crippen molar-refractivity contribution < 1.29 is 35.5 Å². The highest BCUT2D eigenvalue weighted by molar-refractivity contribution is 7.90. The van der Waals surface area contributed by atoms with Crippen LogP contribution in [0.3, 0.4) is 0 Å². The van der Waals surface area contributed by atoms with Gasteiger partial charge >= 0.3 is 6.18 Å². The Morgan fingerprint density at radius 2 is 1.93 bits per heavy atom. The van der Waals surface area contributed by atoms with Gasteiger partial charge in [-0.05, 0) is 55.6 Å². The van der Waals surface area contributed by atoms with Crippen molar-refractivity contribution in [1.29, 1.82) is 0 Å². The summed E-state index contributed by atoms with van der Waals surface area (Å²) in [6.07, 6.45) is -2.44. The lowest BCUT2D eigenvalue weighted by Crippen LogP contribution is -2.59. The molecule has 45 heavy (non-hydrogen) atoms. The van der Waals surface area contributed by atoms with Crippen LogP contribution in [0.1, 0.15) is 18.5 Å². The fourth-order valence-electron chi connectivity index (χ4n) is 5.26. The largest absolute Gasteiger partial charge is 0.495 e. The van der Waals surface area contributed by atoms with E-state index in [1.54, 1.807) is 31.4 Å². The molecule has 3 N–H and O–H groups in total. The summed E-state index contributed by atoms with van der Waals surface area (Å²) in [6.45, 7) is 0.838. The molecule has 243 valence electrons. The number of benzene rings is 2. The van der Waals surface area contributed by atoms with Crippen LogP contribution in [0.2, 0.25) is 0 Å². The zero-order valence-electron chi connectivity index (χ0n) is 25.2. The summed E-state index contributed by atoms with van der Waals surface area (Å²) < 4.78 is 91.8. The Morgan fingerprint density at radius 3 is 2.62 bits per heavy atom. The zero-order valence-corrected chi connectivity index (χ0v) is 27.0. The van der Waals surface area contributed by atoms with E-state index in [0.717, 1.165) is 17.4 Å². The van der Waals surface area contributed by atoms with Gasteiger partial charge in [0.05, 0.1) is 58.1 Å². The third-order valence-electron chi connectivity index (χ3n) is 7.30. The Kier molecular flexibility index (Phi) is 11.1. The highest BCUT2D eigenvalue weighted by Gasteiger charge is 2.36. The van der Waals surface area contributed by atoms with Crippen LogP contribution < -0.4 is 20.7 Å². The Hall–Kier alpha value is -3.29. The van der Waals surface area contributed by atoms with E-state index >= 15 is 4.39 Å². The van der Waals surface area contributed by atoms with Gasteiger partial charge in [0.25, 0.3) is 0 Å². The molecule has 2 atom stereocenters. The topological polar surface area (TPSA) is 96.9 Å². The van der Waals surface area contributed by atoms with Crippen LogP contribution in [0.25, 0.3) is 10.9 Å². The van der Waals surface area contributed by atoms with Crippen molar-refractivity contribution in [3.05, 3.63) is 48.2 Å². The van der Waals surface area contributed by atoms with E-state index < -0.39 is 34.1 Å². The van der Waals surface area contributed by atoms with Crippen molar-refractivity contribution in [3.8, 4) is 17.6 Å². The molecule has 1 aliphatic heterocycles. The average molecular weight is 667 g/mol. The second-order valence-corrected chi connectivity index (χ2v) is 13.4. The Morgan fingerprint density at radius 1 is 1.16 bits per heavy atom. The van der Waals surface area contributed by atoms with Crippen LogP contribution in [-0.2, 0) is 21.1 Å². The normalized spacial score (nSPS) is 18.3. The van der Waals surface area contributed by atoms with Crippen LogP contribution in [0.15, 0.2) is 47.4 Å². The second-order valence-electron chi connectivity index (χ2n) is 10.8. The van der Waals surface area contributed by atoms with Crippen LogP contribution in [0.5, 0.6) is 5.75 Å². The number of methoxy groups -OCH3 is 2. The molecular formula is C30H36F4N5O4SSi. The average Bonchev–Trinajstić information content (AvgIpc) is 3.30. The van der Waals surface area contributed by atoms with E-state index in [-0.39, 0.29) is 29.4 Å². The molecule has 4 rings (SSSR count). The van der Waals surface area contributed by atoms with Crippen molar-refractivity contribution in [2.45, 2.75) is 42.0 Å². The van der Waals surface area contributed by atoms with E-state index in [0.29, 0.717) is 48.3 Å². The molecule has 1 aromatic heterocycles. The lowest BCUT2D eigenvalue weighted by Gasteiger charge is -2.39. The monoisotopic (exact) mass is 666 g/mol. The Labute approximate surface area is 264 Å². The molecule has 2 aromatic carbocycles. The highest BCUT2D eigenvalue weighted by Crippen LogP contribution is 2.31. The molecule has 0 bridgehead atoms. The number of hydrogen-bond acceptors (Lipinski definition) is 8. The van der Waals surface area contributed by atoms with E-state index in [2.05, 4.69) is 38.0 Å². The summed E-state index contributed by atoms with van der Waals surface area (Å²) in [5, 5.41) is 9.58. The Bertz CT molecular complexity index is 1660. The van der Waals surface area contributed by atoms with Gasteiger partial charge in [-0.25, -0.2) is 12.8 Å². The fraction of sp³-hybridized carbons (Fsp3) is 0.467. The number of nitrogens with one attached hydrogen (secondary N) is 3. The number of halogens is 4. The van der Waals surface area contributed by atoms with E-state index in [4.69, 9.17) is 9.47 Å². The summed E-state index contributed by atoms with van der Waals surface area (Å²) in [4.78, 5) is 2.07. The SMILES string of the molecule is COCCN1CCC[C@@](F)(NC([Si])Nc2cccc3c2cc(C#CCNc2ccc(S(C)(=O)=O)cc2OC)n3CC(F)(F)F)C1. The predicted molar refractivity (Wildman–Crippen MR) is 167 cm³/mol. The molecule has 0 amide bonds. The molecule has 1 unspecified atom stereocenters. The number of sulfone groups is 1. The first-order chi connectivity index (χ1) is 21.2. The molecule has 9 nitrogen and oxygen atoms in total. The molecule has 2 heterocycles. The maximum atomic E-state index is 15.7. The number of ether oxygens (including phenoxy) is 2. The fourth-order valence-corrected chi connectivity index (χ4v) is 6.31. The quantitative estimate of drug-likeness (QED) is 0.0881. The predicted octanol–water partition coefficient (Wildman–Crippen LogP) is 3.94. The summed E-state index contributed by atoms with van der Waals surface area (Å²) in [7, 11) is 3.06. The van der Waals surface area contributed by atoms with E-state index in [1.165, 1.54) is 25.3 Å². The van der Waals surface area contributed by atoms with Crippen molar-refractivity contribution >= 4 is 42.4 Å². The first kappa shape index (κ1) is 34.6. The van der Waals surface area contributed by atoms with E-state index in [9.17, 15) is 21.6 Å². The molecule has 1 fully saturated rings. The first-order valence-corrected chi connectivity index (χ1v) is 16.6. The lowest BCUT2D eigenvalue weighted by molar-refractivity contribution is -0.140. The van der Waals surface area contributed by atoms with Gasteiger partial charge in [0, 0.05) is 43.6 Å². The number of nitrogens with zero attached hydrogens (tertiary/aromatic N) is 2. The standard InChI is InChI=1S/C30H36F4N5O4SSi/c1-42-16-15-38-14-6-12-29(31,19-38)37-28(45)36-24-8-4-9-26-23(24)17-21(39(26)20-30(32,33)34)7-5-13-35-25-11-10-22(44(3,40)41)18-27(25)43-2/h4,8-11,17-18,28,35-37H,6,12-16,19-20H2,1-3H3/t28?,29-/m1/s1. The number of aromatic nitrogens is 1. The number of hydrogen-bond donors (Lipinski definition) is 3. The van der Waals surface area contributed by atoms with Crippen LogP contribution in [0.4, 0.5) is 28.9 Å². The van der Waals surface area contributed by atoms with Gasteiger partial charge in [-0.1, -0.05) is 12.0 Å². The van der Waals surface area contributed by atoms with Crippen molar-refractivity contribution in [1.82, 2.24) is 14.8 Å². The van der Waals surface area contributed by atoms with Gasteiger partial charge in [0.15, 0.2) is 15.6 Å². The Balaban J connectivity index is 1.54. The molecule has 15 heteroatoms. The number of piperidine rings is 1. The maximum absolute atomic E-state index is 15.7. The van der Waals surface area contributed by atoms with Crippen LogP contribution in [-0.4, -0.2) is 99.1 Å². The summed E-state index contributed by atoms with van der Waals surface area (Å²) in [6, 6.07) is 10.8. The first-order valence-electron chi connectivity index (χ1n) is 14.2. The van der Waals surface area contributed by atoms with Crippen molar-refractivity contribution in [2.75, 3.05) is 63.9 Å². The molecule has 0 spiro atoms. The number of alkyl halides is 4. The smallest absolute Gasteiger partial charge is 0.406 e. The molecule has 1 aliphatic rings. The van der Waals surface area contributed by atoms with Gasteiger partial charge in [-0.2, -0.15) is 13.2 Å². The third kappa shape index (κ3) is 9.36. The zero-order chi connectivity index (χ0) is 32.8. The third-order valence-corrected chi connectivity index (χ3v) is 8.70. The minimum atomic E-state index is -4.51. The minimum absolute atomic E-state index is 0.0420. The molecule has 0 aliphatic carbocycles. The number of rotatable bonds is 12. The molecular weight excluding hydrogens is 631 g/mol. The van der Waals surface area contributed by atoms with Crippen molar-refractivity contribution in [3.63, 3.8) is 0 Å². The summed E-state index contributed by atoms with van der Waals surface area (Å²) in [5.74, 6) is 3.54. The van der Waals surface area contributed by atoms with Gasteiger partial charge in [0.1, 0.15) is 12.3 Å². The maximum Gasteiger partial charge on any atom is 0.406 e. The van der Waals surface area contributed by atoms with Crippen molar-refractivity contribution in [2.24, 2.45) is 0 Å². The van der Waals surface area contributed by atoms with Gasteiger partial charge < -0.3 is 24.7 Å². The molecule has 3 aromatic rings. The van der Waals surface area contributed by atoms with Gasteiger partial charge in [-0.3, -0.25) is 10.2 Å². The van der Waals surface area contributed by atoms with Gasteiger partial charge in [0.2, 0.25) is 0 Å². The summed E-state index contributed by atoms with van der Waals surface area (Å²) >= 11 is 0. The van der Waals surface area contributed by atoms with Crippen LogP contribution in [0, 0.1) is 11.8 Å². The van der Waals surface area contributed by atoms with Gasteiger partial charge in [-0.15, -0.1) is 0 Å². The molecule has 3 radical (unpaired) electrons. The highest BCUT2D eigenvalue weighted by atomic mass is 32.2. The number of fused-ring (bicyclic) bond motifs is 1. The minimum Gasteiger partial charge on any atom is -0.495 e. The number of anilines is 2. The molecule has 1 saturated heterocycles. The lowest BCUT2D eigenvalue weighted by atomic mass is 10.0. The number of likely N-dealkylation sites (tertiary alicyclic amines) is 1. The molecule has 0 saturated carbocycles. The van der Waals surface area contributed by atoms with E-state index in [1.807, 2.05) is 4.90 Å². The summed E-state index contributed by atoms with van der Waals surface area (Å²) in [5.41, 5.74) is 1.42.